The molecule has 3 atom stereocenters. The van der Waals surface area contributed by atoms with Gasteiger partial charge in [0.25, 0.3) is 11.8 Å². The van der Waals surface area contributed by atoms with Gasteiger partial charge in [0.05, 0.1) is 6.42 Å². The van der Waals surface area contributed by atoms with Crippen molar-refractivity contribution in [2.24, 2.45) is 0 Å². The van der Waals surface area contributed by atoms with Gasteiger partial charge in [0, 0.05) is 30.8 Å². The maximum atomic E-state index is 12.9. The minimum Gasteiger partial charge on any atom is -0.481 e. The number of nitrogens with zero attached hydrogens (tertiary/aromatic N) is 1. The van der Waals surface area contributed by atoms with Crippen molar-refractivity contribution in [2.75, 3.05) is 11.9 Å². The standard InChI is InChI=1S/C35H41N5O11/c1-22(36-32(46)23(2)37-35(49)51-21-24-9-5-3-6-10-24)33(47)39-27(19-30(43)44)34(48)38-26-14-12-25(13-15-26)20-50-31(45)11-7-4-8-18-40-28(41)16-17-29(40)42/h3,5-6,9-10,12-17,22-23,27H,4,7-8,11,18-21H2,1-2H3,(H,36,46)(H,37,49)(H,38,48)(H,39,47)(H,43,44). The lowest BCUT2D eigenvalue weighted by Crippen LogP contribution is -2.55. The number of hydrogen-bond acceptors (Lipinski definition) is 10. The predicted molar refractivity (Wildman–Crippen MR) is 180 cm³/mol. The summed E-state index contributed by atoms with van der Waals surface area (Å²) in [5.74, 6) is -4.85. The lowest BCUT2D eigenvalue weighted by atomic mass is 10.1. The molecular formula is C35H41N5O11. The Bertz CT molecular complexity index is 1590. The first-order chi connectivity index (χ1) is 24.3. The number of rotatable bonds is 19. The quantitative estimate of drug-likeness (QED) is 0.0805. The molecule has 0 saturated heterocycles. The Morgan fingerprint density at radius 1 is 0.706 bits per heavy atom. The minimum atomic E-state index is -1.49. The maximum absolute atomic E-state index is 12.9. The number of unbranched alkanes of at least 4 members (excludes halogenated alkanes) is 2. The number of imide groups is 1. The molecule has 0 aliphatic carbocycles. The van der Waals surface area contributed by atoms with E-state index >= 15 is 0 Å². The molecule has 0 fully saturated rings. The van der Waals surface area contributed by atoms with Crippen molar-refractivity contribution in [3.63, 3.8) is 0 Å². The molecule has 2 aromatic rings. The fraction of sp³-hybridized carbons (Fsp3) is 0.371. The Hall–Kier alpha value is -6.06. The molecule has 1 aliphatic rings. The van der Waals surface area contributed by atoms with Crippen molar-refractivity contribution in [1.29, 1.82) is 0 Å². The maximum Gasteiger partial charge on any atom is 0.408 e. The van der Waals surface area contributed by atoms with E-state index in [1.54, 1.807) is 36.4 Å². The first kappa shape index (κ1) is 39.4. The zero-order valence-corrected chi connectivity index (χ0v) is 28.2. The number of alkyl carbamates (subject to hydrolysis) is 1. The van der Waals surface area contributed by atoms with Gasteiger partial charge >= 0.3 is 18.0 Å². The second-order valence-corrected chi connectivity index (χ2v) is 11.6. The van der Waals surface area contributed by atoms with E-state index in [9.17, 15) is 43.5 Å². The third-order valence-corrected chi connectivity index (χ3v) is 7.49. The fourth-order valence-corrected chi connectivity index (χ4v) is 4.61. The Morgan fingerprint density at radius 2 is 1.29 bits per heavy atom. The predicted octanol–water partition coefficient (Wildman–Crippen LogP) is 1.93. The zero-order valence-electron chi connectivity index (χ0n) is 28.2. The van der Waals surface area contributed by atoms with Crippen molar-refractivity contribution in [2.45, 2.75) is 77.3 Å². The molecule has 16 nitrogen and oxygen atoms in total. The minimum absolute atomic E-state index is 0.0101. The van der Waals surface area contributed by atoms with E-state index in [0.717, 1.165) is 10.5 Å². The highest BCUT2D eigenvalue weighted by molar-refractivity contribution is 6.12. The number of anilines is 1. The average Bonchev–Trinajstić information content (AvgIpc) is 3.42. The summed E-state index contributed by atoms with van der Waals surface area (Å²) in [6.45, 7) is 2.96. The highest BCUT2D eigenvalue weighted by Gasteiger charge is 2.28. The molecule has 1 heterocycles. The van der Waals surface area contributed by atoms with E-state index < -0.39 is 60.3 Å². The molecule has 1 aliphatic heterocycles. The number of carbonyl (C=O) groups excluding carboxylic acids is 7. The van der Waals surface area contributed by atoms with E-state index in [-0.39, 0.29) is 43.7 Å². The van der Waals surface area contributed by atoms with Gasteiger partial charge in [0.15, 0.2) is 0 Å². The summed E-state index contributed by atoms with van der Waals surface area (Å²) in [4.78, 5) is 98.2. The number of ether oxygens (including phenoxy) is 2. The van der Waals surface area contributed by atoms with E-state index in [1.165, 1.54) is 38.1 Å². The van der Waals surface area contributed by atoms with Crippen LogP contribution in [0, 0.1) is 0 Å². The summed E-state index contributed by atoms with van der Waals surface area (Å²) in [5.41, 5.74) is 1.65. The van der Waals surface area contributed by atoms with Gasteiger partial charge in [-0.1, -0.05) is 48.9 Å². The molecule has 0 bridgehead atoms. The Labute approximate surface area is 293 Å². The third kappa shape index (κ3) is 13.8. The van der Waals surface area contributed by atoms with Gasteiger partial charge in [-0.2, -0.15) is 0 Å². The molecule has 16 heteroatoms. The van der Waals surface area contributed by atoms with E-state index in [2.05, 4.69) is 21.3 Å². The molecular weight excluding hydrogens is 666 g/mol. The lowest BCUT2D eigenvalue weighted by molar-refractivity contribution is -0.145. The molecule has 0 spiro atoms. The molecule has 5 N–H and O–H groups in total. The summed E-state index contributed by atoms with van der Waals surface area (Å²) in [7, 11) is 0. The number of esters is 1. The van der Waals surface area contributed by atoms with E-state index in [4.69, 9.17) is 9.47 Å². The van der Waals surface area contributed by atoms with Crippen molar-refractivity contribution in [3.05, 3.63) is 77.9 Å². The van der Waals surface area contributed by atoms with Crippen LogP contribution in [0.5, 0.6) is 0 Å². The molecule has 51 heavy (non-hydrogen) atoms. The average molecular weight is 708 g/mol. The summed E-state index contributed by atoms with van der Waals surface area (Å²) < 4.78 is 10.4. The summed E-state index contributed by atoms with van der Waals surface area (Å²) >= 11 is 0. The number of carboxylic acids is 1. The van der Waals surface area contributed by atoms with Crippen LogP contribution in [0.2, 0.25) is 0 Å². The first-order valence-corrected chi connectivity index (χ1v) is 16.2. The second-order valence-electron chi connectivity index (χ2n) is 11.6. The van der Waals surface area contributed by atoms with Crippen molar-refractivity contribution >= 4 is 53.3 Å². The molecule has 3 rings (SSSR count). The number of carbonyl (C=O) groups is 8. The fourth-order valence-electron chi connectivity index (χ4n) is 4.61. The summed E-state index contributed by atoms with van der Waals surface area (Å²) in [5, 5.41) is 18.9. The van der Waals surface area contributed by atoms with Crippen LogP contribution in [0.15, 0.2) is 66.7 Å². The van der Waals surface area contributed by atoms with Gasteiger partial charge < -0.3 is 35.8 Å². The number of carboxylic acid groups (broad SMARTS) is 1. The number of aliphatic carboxylic acids is 1. The van der Waals surface area contributed by atoms with Crippen molar-refractivity contribution < 1.29 is 52.9 Å². The molecule has 2 aromatic carbocycles. The molecule has 0 radical (unpaired) electrons. The monoisotopic (exact) mass is 707 g/mol. The van der Waals surface area contributed by atoms with Crippen molar-refractivity contribution in [3.8, 4) is 0 Å². The lowest BCUT2D eigenvalue weighted by Gasteiger charge is -2.21. The van der Waals surface area contributed by atoms with Crippen LogP contribution in [0.1, 0.15) is 57.1 Å². The number of amides is 6. The Balaban J connectivity index is 1.39. The molecule has 0 saturated carbocycles. The zero-order chi connectivity index (χ0) is 37.3. The van der Waals surface area contributed by atoms with Crippen LogP contribution in [-0.4, -0.2) is 82.2 Å². The van der Waals surface area contributed by atoms with Crippen LogP contribution >= 0.6 is 0 Å². The molecule has 3 unspecified atom stereocenters. The number of hydrogen-bond donors (Lipinski definition) is 5. The Kier molecular flexibility index (Phi) is 15.3. The normalized spacial score (nSPS) is 13.8. The van der Waals surface area contributed by atoms with Crippen LogP contribution < -0.4 is 21.3 Å². The van der Waals surface area contributed by atoms with Crippen LogP contribution in [-0.2, 0) is 56.2 Å². The molecule has 6 amide bonds. The van der Waals surface area contributed by atoms with Gasteiger partial charge in [-0.25, -0.2) is 4.79 Å². The van der Waals surface area contributed by atoms with E-state index in [1.807, 2.05) is 6.07 Å². The Morgan fingerprint density at radius 3 is 1.94 bits per heavy atom. The second kappa shape index (κ2) is 19.8. The topological polar surface area (TPSA) is 227 Å². The number of benzene rings is 2. The number of nitrogens with one attached hydrogen (secondary N) is 4. The van der Waals surface area contributed by atoms with E-state index in [0.29, 0.717) is 24.8 Å². The SMILES string of the molecule is CC(NC(=O)OCc1ccccc1)C(=O)NC(C)C(=O)NC(CC(=O)O)C(=O)Nc1ccc(COC(=O)CCCCCN2C(=O)C=CC2=O)cc1. The molecule has 272 valence electrons. The molecule has 0 aromatic heterocycles. The van der Waals surface area contributed by atoms with Crippen LogP contribution in [0.3, 0.4) is 0 Å². The van der Waals surface area contributed by atoms with Crippen molar-refractivity contribution in [1.82, 2.24) is 20.9 Å². The van der Waals surface area contributed by atoms with Gasteiger partial charge in [-0.05, 0) is 49.9 Å². The van der Waals surface area contributed by atoms with Crippen LogP contribution in [0.25, 0.3) is 0 Å². The highest BCUT2D eigenvalue weighted by atomic mass is 16.5. The van der Waals surface area contributed by atoms with Gasteiger partial charge in [-0.3, -0.25) is 38.5 Å². The van der Waals surface area contributed by atoms with Crippen LogP contribution in [0.4, 0.5) is 10.5 Å². The van der Waals surface area contributed by atoms with Gasteiger partial charge in [0.2, 0.25) is 17.7 Å². The smallest absolute Gasteiger partial charge is 0.408 e. The highest BCUT2D eigenvalue weighted by Crippen LogP contribution is 2.13. The third-order valence-electron chi connectivity index (χ3n) is 7.49. The largest absolute Gasteiger partial charge is 0.481 e. The summed E-state index contributed by atoms with van der Waals surface area (Å²) in [6.07, 6.45) is 2.73. The summed E-state index contributed by atoms with van der Waals surface area (Å²) in [6, 6.07) is 11.3. The van der Waals surface area contributed by atoms with Gasteiger partial charge in [0.1, 0.15) is 31.3 Å². The van der Waals surface area contributed by atoms with Gasteiger partial charge in [-0.15, -0.1) is 0 Å². The first-order valence-electron chi connectivity index (χ1n) is 16.2.